The van der Waals surface area contributed by atoms with Crippen molar-refractivity contribution in [1.29, 1.82) is 0 Å². The maximum absolute atomic E-state index is 14.0. The van der Waals surface area contributed by atoms with E-state index >= 15 is 0 Å². The van der Waals surface area contributed by atoms with Crippen molar-refractivity contribution >= 4 is 27.5 Å². The molecule has 2 amide bonds. The van der Waals surface area contributed by atoms with Crippen molar-refractivity contribution < 1.29 is 35.6 Å². The van der Waals surface area contributed by atoms with Crippen molar-refractivity contribution in [3.63, 3.8) is 0 Å². The van der Waals surface area contributed by atoms with Crippen molar-refractivity contribution in [3.8, 4) is 0 Å². The molecule has 2 aromatic rings. The van der Waals surface area contributed by atoms with E-state index in [4.69, 9.17) is 0 Å². The van der Waals surface area contributed by atoms with E-state index in [2.05, 4.69) is 0 Å². The topological polar surface area (TPSA) is 78.0 Å². The second-order valence-corrected chi connectivity index (χ2v) is 9.61. The van der Waals surface area contributed by atoms with Crippen molar-refractivity contribution in [2.75, 3.05) is 31.1 Å². The molecule has 7 nitrogen and oxygen atoms in total. The van der Waals surface area contributed by atoms with Gasteiger partial charge >= 0.3 is 6.18 Å². The van der Waals surface area contributed by atoms with Gasteiger partial charge in [-0.25, -0.2) is 17.7 Å². The molecule has 33 heavy (non-hydrogen) atoms. The van der Waals surface area contributed by atoms with Gasteiger partial charge in [-0.1, -0.05) is 18.2 Å². The van der Waals surface area contributed by atoms with Gasteiger partial charge in [0.2, 0.25) is 15.9 Å². The number of imide groups is 1. The summed E-state index contributed by atoms with van der Waals surface area (Å²) in [7, 11) is -4.07. The fraction of sp³-hybridized carbons (Fsp3) is 0.333. The summed E-state index contributed by atoms with van der Waals surface area (Å²) < 4.78 is 79.7. The van der Waals surface area contributed by atoms with E-state index < -0.39 is 50.3 Å². The first kappa shape index (κ1) is 23.3. The van der Waals surface area contributed by atoms with Crippen LogP contribution in [0.4, 0.5) is 23.2 Å². The molecule has 4 rings (SSSR count). The van der Waals surface area contributed by atoms with Gasteiger partial charge in [0.25, 0.3) is 5.91 Å². The van der Waals surface area contributed by atoms with E-state index in [1.54, 1.807) is 4.90 Å². The molecule has 176 valence electrons. The standard InChI is InChI=1S/C21H19F4N3O4S/c22-16-6-1-2-7-18(16)33(31,32)27-10-8-26(9-11-27)17-13-19(29)28(20(17)30)15-5-3-4-14(12-15)21(23,24)25/h1-7,12,17H,8-11,13H2/t17-/m0/s1. The molecule has 2 saturated heterocycles. The summed E-state index contributed by atoms with van der Waals surface area (Å²) >= 11 is 0. The molecule has 0 radical (unpaired) electrons. The number of carbonyl (C=O) groups excluding carboxylic acids is 2. The van der Waals surface area contributed by atoms with Gasteiger partial charge in [0.05, 0.1) is 23.7 Å². The number of rotatable bonds is 4. The summed E-state index contributed by atoms with van der Waals surface area (Å²) in [4.78, 5) is 27.3. The van der Waals surface area contributed by atoms with Crippen molar-refractivity contribution in [2.24, 2.45) is 0 Å². The molecule has 1 atom stereocenters. The highest BCUT2D eigenvalue weighted by Crippen LogP contribution is 2.34. The number of amides is 2. The Bertz CT molecular complexity index is 1190. The number of sulfonamides is 1. The highest BCUT2D eigenvalue weighted by atomic mass is 32.2. The van der Waals surface area contributed by atoms with Crippen LogP contribution in [0.25, 0.3) is 0 Å². The minimum Gasteiger partial charge on any atom is -0.289 e. The molecule has 0 spiro atoms. The average molecular weight is 485 g/mol. The van der Waals surface area contributed by atoms with Crippen LogP contribution in [0.5, 0.6) is 0 Å². The quantitative estimate of drug-likeness (QED) is 0.491. The van der Waals surface area contributed by atoms with E-state index in [0.29, 0.717) is 0 Å². The van der Waals surface area contributed by atoms with Crippen molar-refractivity contribution in [1.82, 2.24) is 9.21 Å². The van der Waals surface area contributed by atoms with Gasteiger partial charge in [-0.3, -0.25) is 14.5 Å². The summed E-state index contributed by atoms with van der Waals surface area (Å²) in [5.41, 5.74) is -1.14. The first-order chi connectivity index (χ1) is 15.5. The lowest BCUT2D eigenvalue weighted by atomic mass is 10.1. The molecule has 2 aliphatic rings. The van der Waals surface area contributed by atoms with Gasteiger partial charge in [-0.2, -0.15) is 17.5 Å². The smallest absolute Gasteiger partial charge is 0.289 e. The van der Waals surface area contributed by atoms with E-state index in [1.807, 2.05) is 0 Å². The molecule has 12 heteroatoms. The fourth-order valence-corrected chi connectivity index (χ4v) is 5.53. The maximum Gasteiger partial charge on any atom is 0.416 e. The predicted octanol–water partition coefficient (Wildman–Crippen LogP) is 2.48. The second kappa shape index (κ2) is 8.50. The summed E-state index contributed by atoms with van der Waals surface area (Å²) in [6, 6.07) is 8.08. The van der Waals surface area contributed by atoms with Gasteiger partial charge in [0.15, 0.2) is 0 Å². The van der Waals surface area contributed by atoms with Crippen LogP contribution in [-0.2, 0) is 25.8 Å². The van der Waals surface area contributed by atoms with E-state index in [1.165, 1.54) is 24.3 Å². The summed E-state index contributed by atoms with van der Waals surface area (Å²) in [6.07, 6.45) is -4.85. The number of halogens is 4. The number of hydrogen-bond acceptors (Lipinski definition) is 5. The van der Waals surface area contributed by atoms with Gasteiger partial charge < -0.3 is 0 Å². The van der Waals surface area contributed by atoms with Crippen LogP contribution in [0.2, 0.25) is 0 Å². The predicted molar refractivity (Wildman–Crippen MR) is 109 cm³/mol. The molecule has 2 heterocycles. The Kier molecular flexibility index (Phi) is 6.01. The molecular formula is C21H19F4N3O4S. The SMILES string of the molecule is O=C1C[C@H](N2CCN(S(=O)(=O)c3ccccc3F)CC2)C(=O)N1c1cccc(C(F)(F)F)c1. The molecule has 2 fully saturated rings. The van der Waals surface area contributed by atoms with E-state index in [0.717, 1.165) is 33.5 Å². The lowest BCUT2D eigenvalue weighted by Crippen LogP contribution is -2.53. The highest BCUT2D eigenvalue weighted by molar-refractivity contribution is 7.89. The van der Waals surface area contributed by atoms with Crippen LogP contribution in [0.15, 0.2) is 53.4 Å². The third kappa shape index (κ3) is 4.37. The van der Waals surface area contributed by atoms with Crippen LogP contribution in [0.3, 0.4) is 0 Å². The Morgan fingerprint density at radius 1 is 0.909 bits per heavy atom. The molecule has 2 aromatic carbocycles. The number of piperazine rings is 1. The number of hydrogen-bond donors (Lipinski definition) is 0. The molecular weight excluding hydrogens is 466 g/mol. The Balaban J connectivity index is 1.47. The van der Waals surface area contributed by atoms with Gasteiger partial charge in [0.1, 0.15) is 10.7 Å². The van der Waals surface area contributed by atoms with Crippen molar-refractivity contribution in [3.05, 3.63) is 59.9 Å². The first-order valence-corrected chi connectivity index (χ1v) is 11.5. The second-order valence-electron chi connectivity index (χ2n) is 7.71. The fourth-order valence-electron chi connectivity index (χ4n) is 4.04. The van der Waals surface area contributed by atoms with Gasteiger partial charge in [0, 0.05) is 26.2 Å². The zero-order valence-corrected chi connectivity index (χ0v) is 17.9. The molecule has 0 saturated carbocycles. The van der Waals surface area contributed by atoms with Crippen molar-refractivity contribution in [2.45, 2.75) is 23.5 Å². The average Bonchev–Trinajstić information content (AvgIpc) is 3.07. The minimum absolute atomic E-state index is 0.0296. The number of alkyl halides is 3. The molecule has 0 unspecified atom stereocenters. The Hall–Kier alpha value is -2.83. The number of nitrogens with zero attached hydrogens (tertiary/aromatic N) is 3. The Morgan fingerprint density at radius 2 is 1.58 bits per heavy atom. The molecule has 0 aliphatic carbocycles. The molecule has 0 bridgehead atoms. The zero-order valence-electron chi connectivity index (χ0n) is 17.1. The molecule has 0 N–H and O–H groups in total. The van der Waals surface area contributed by atoms with E-state index in [-0.39, 0.29) is 38.3 Å². The first-order valence-electron chi connectivity index (χ1n) is 10.0. The summed E-state index contributed by atoms with van der Waals surface area (Å²) in [5, 5.41) is 0. The Labute approximate surface area is 187 Å². The number of carbonyl (C=O) groups is 2. The monoisotopic (exact) mass is 485 g/mol. The number of anilines is 1. The molecule has 2 aliphatic heterocycles. The van der Waals surface area contributed by atoms with Crippen LogP contribution in [-0.4, -0.2) is 61.7 Å². The Morgan fingerprint density at radius 3 is 2.21 bits per heavy atom. The lowest BCUT2D eigenvalue weighted by Gasteiger charge is -2.36. The van der Waals surface area contributed by atoms with Gasteiger partial charge in [-0.05, 0) is 30.3 Å². The van der Waals surface area contributed by atoms with E-state index in [9.17, 15) is 35.6 Å². The zero-order chi connectivity index (χ0) is 24.0. The minimum atomic E-state index is -4.62. The van der Waals surface area contributed by atoms with Gasteiger partial charge in [-0.15, -0.1) is 0 Å². The number of benzene rings is 2. The normalized spacial score (nSPS) is 21.1. The lowest BCUT2D eigenvalue weighted by molar-refractivity contribution is -0.137. The summed E-state index contributed by atoms with van der Waals surface area (Å²) in [6.45, 7) is 0.151. The third-order valence-electron chi connectivity index (χ3n) is 5.72. The maximum atomic E-state index is 14.0. The largest absolute Gasteiger partial charge is 0.416 e. The highest BCUT2D eigenvalue weighted by Gasteiger charge is 2.45. The van der Waals surface area contributed by atoms with Crippen LogP contribution < -0.4 is 4.90 Å². The summed E-state index contributed by atoms with van der Waals surface area (Å²) in [5.74, 6) is -2.16. The third-order valence-corrected chi connectivity index (χ3v) is 7.65. The molecule has 0 aromatic heterocycles. The van der Waals surface area contributed by atoms with Crippen LogP contribution >= 0.6 is 0 Å². The van der Waals surface area contributed by atoms with Crippen LogP contribution in [0, 0.1) is 5.82 Å². The van der Waals surface area contributed by atoms with Crippen LogP contribution in [0.1, 0.15) is 12.0 Å².